The maximum atomic E-state index is 12.2. The van der Waals surface area contributed by atoms with Crippen molar-refractivity contribution in [2.75, 3.05) is 23.3 Å². The van der Waals surface area contributed by atoms with E-state index in [0.29, 0.717) is 13.1 Å². The topological polar surface area (TPSA) is 57.3 Å². The molecule has 1 aliphatic heterocycles. The zero-order valence-corrected chi connectivity index (χ0v) is 14.8. The number of anilines is 2. The average molecular weight is 346 g/mol. The molecule has 3 aromatic rings. The first-order chi connectivity index (χ1) is 12.8. The molecule has 2 N–H and O–H groups in total. The van der Waals surface area contributed by atoms with Gasteiger partial charge in [0.2, 0.25) is 0 Å². The number of amides is 2. The molecule has 0 radical (unpaired) electrons. The van der Waals surface area contributed by atoms with E-state index in [2.05, 4.69) is 45.9 Å². The molecule has 5 heteroatoms. The third-order valence-electron chi connectivity index (χ3n) is 4.77. The van der Waals surface area contributed by atoms with Gasteiger partial charge in [-0.3, -0.25) is 9.88 Å². The van der Waals surface area contributed by atoms with Gasteiger partial charge in [0.25, 0.3) is 0 Å². The first-order valence-electron chi connectivity index (χ1n) is 9.01. The van der Waals surface area contributed by atoms with Gasteiger partial charge in [0.05, 0.1) is 11.2 Å². The summed E-state index contributed by atoms with van der Waals surface area (Å²) < 4.78 is 0. The monoisotopic (exact) mass is 346 g/mol. The van der Waals surface area contributed by atoms with Gasteiger partial charge in [0, 0.05) is 36.9 Å². The number of rotatable bonds is 4. The van der Waals surface area contributed by atoms with E-state index in [4.69, 9.17) is 0 Å². The SMILES string of the molecule is CCNC(=O)N1CCc2ccc(NCc3cccc4ncccc34)cc21. The Morgan fingerprint density at radius 2 is 2.12 bits per heavy atom. The molecule has 1 aliphatic rings. The van der Waals surface area contributed by atoms with Crippen LogP contribution < -0.4 is 15.5 Å². The van der Waals surface area contributed by atoms with Crippen molar-refractivity contribution in [3.8, 4) is 0 Å². The van der Waals surface area contributed by atoms with E-state index in [1.54, 1.807) is 0 Å². The number of nitrogens with zero attached hydrogens (tertiary/aromatic N) is 2. The quantitative estimate of drug-likeness (QED) is 0.752. The third kappa shape index (κ3) is 3.08. The number of aromatic nitrogens is 1. The third-order valence-corrected chi connectivity index (χ3v) is 4.77. The fraction of sp³-hybridized carbons (Fsp3) is 0.238. The molecule has 5 nitrogen and oxygen atoms in total. The van der Waals surface area contributed by atoms with Crippen molar-refractivity contribution in [1.82, 2.24) is 10.3 Å². The van der Waals surface area contributed by atoms with E-state index in [0.717, 1.165) is 35.2 Å². The van der Waals surface area contributed by atoms with Crippen LogP contribution >= 0.6 is 0 Å². The minimum atomic E-state index is -0.0245. The fourth-order valence-electron chi connectivity index (χ4n) is 3.47. The van der Waals surface area contributed by atoms with Crippen molar-refractivity contribution in [2.45, 2.75) is 19.9 Å². The number of carbonyl (C=O) groups is 1. The Kier molecular flexibility index (Phi) is 4.44. The summed E-state index contributed by atoms with van der Waals surface area (Å²) in [4.78, 5) is 18.5. The van der Waals surface area contributed by atoms with Gasteiger partial charge in [-0.05, 0) is 48.7 Å². The second kappa shape index (κ2) is 7.04. The van der Waals surface area contributed by atoms with Crippen LogP contribution in [-0.2, 0) is 13.0 Å². The second-order valence-electron chi connectivity index (χ2n) is 6.42. The predicted molar refractivity (Wildman–Crippen MR) is 106 cm³/mol. The number of urea groups is 1. The largest absolute Gasteiger partial charge is 0.381 e. The van der Waals surface area contributed by atoms with Crippen LogP contribution in [0.25, 0.3) is 10.9 Å². The van der Waals surface area contributed by atoms with Crippen LogP contribution in [0.1, 0.15) is 18.1 Å². The summed E-state index contributed by atoms with van der Waals surface area (Å²) in [5.41, 5.74) is 5.44. The van der Waals surface area contributed by atoms with Crippen LogP contribution in [0.15, 0.2) is 54.7 Å². The van der Waals surface area contributed by atoms with Crippen LogP contribution in [0, 0.1) is 0 Å². The Balaban J connectivity index is 1.54. The first-order valence-corrected chi connectivity index (χ1v) is 9.01. The molecular formula is C21H22N4O. The number of hydrogen-bond donors (Lipinski definition) is 2. The highest BCUT2D eigenvalue weighted by Gasteiger charge is 2.24. The summed E-state index contributed by atoms with van der Waals surface area (Å²) in [6, 6.07) is 16.5. The van der Waals surface area contributed by atoms with Crippen molar-refractivity contribution in [2.24, 2.45) is 0 Å². The van der Waals surface area contributed by atoms with E-state index >= 15 is 0 Å². The van der Waals surface area contributed by atoms with Gasteiger partial charge in [-0.25, -0.2) is 4.79 Å². The molecule has 0 unspecified atom stereocenters. The van der Waals surface area contributed by atoms with Gasteiger partial charge in [-0.1, -0.05) is 24.3 Å². The van der Waals surface area contributed by atoms with Crippen LogP contribution in [0.5, 0.6) is 0 Å². The normalized spacial score (nSPS) is 12.9. The summed E-state index contributed by atoms with van der Waals surface area (Å²) >= 11 is 0. The molecule has 0 saturated heterocycles. The summed E-state index contributed by atoms with van der Waals surface area (Å²) in [7, 11) is 0. The summed E-state index contributed by atoms with van der Waals surface area (Å²) in [5.74, 6) is 0. The average Bonchev–Trinajstić information content (AvgIpc) is 3.10. The zero-order chi connectivity index (χ0) is 17.9. The van der Waals surface area contributed by atoms with Gasteiger partial charge in [0.1, 0.15) is 0 Å². The Hall–Kier alpha value is -3.08. The lowest BCUT2D eigenvalue weighted by atomic mass is 10.1. The Morgan fingerprint density at radius 1 is 1.19 bits per heavy atom. The van der Waals surface area contributed by atoms with Crippen molar-refractivity contribution in [3.05, 3.63) is 65.9 Å². The predicted octanol–water partition coefficient (Wildman–Crippen LogP) is 3.94. The van der Waals surface area contributed by atoms with E-state index in [9.17, 15) is 4.79 Å². The highest BCUT2D eigenvalue weighted by molar-refractivity contribution is 5.94. The molecule has 2 aromatic carbocycles. The number of benzene rings is 2. The molecule has 26 heavy (non-hydrogen) atoms. The van der Waals surface area contributed by atoms with Gasteiger partial charge < -0.3 is 10.6 Å². The van der Waals surface area contributed by atoms with Crippen LogP contribution in [0.4, 0.5) is 16.2 Å². The van der Waals surface area contributed by atoms with E-state index in [1.807, 2.05) is 36.2 Å². The lowest BCUT2D eigenvalue weighted by Gasteiger charge is -2.18. The van der Waals surface area contributed by atoms with Crippen LogP contribution in [0.2, 0.25) is 0 Å². The summed E-state index contributed by atoms with van der Waals surface area (Å²) in [6.07, 6.45) is 2.72. The number of fused-ring (bicyclic) bond motifs is 2. The maximum Gasteiger partial charge on any atom is 0.321 e. The van der Waals surface area contributed by atoms with Gasteiger partial charge in [0.15, 0.2) is 0 Å². The fourth-order valence-corrected chi connectivity index (χ4v) is 3.47. The molecule has 0 saturated carbocycles. The molecular weight excluding hydrogens is 324 g/mol. The number of carbonyl (C=O) groups excluding carboxylic acids is 1. The molecule has 4 rings (SSSR count). The summed E-state index contributed by atoms with van der Waals surface area (Å²) in [5, 5.41) is 7.53. The molecule has 0 spiro atoms. The van der Waals surface area contributed by atoms with E-state index in [1.165, 1.54) is 11.1 Å². The van der Waals surface area contributed by atoms with Crippen molar-refractivity contribution < 1.29 is 4.79 Å². The van der Waals surface area contributed by atoms with Gasteiger partial charge in [-0.2, -0.15) is 0 Å². The molecule has 2 amide bonds. The molecule has 132 valence electrons. The van der Waals surface area contributed by atoms with Gasteiger partial charge in [-0.15, -0.1) is 0 Å². The standard InChI is InChI=1S/C21H22N4O/c1-2-22-21(26)25-12-10-15-8-9-17(13-20(15)25)24-14-16-5-3-7-19-18(16)6-4-11-23-19/h3-9,11,13,24H,2,10,12,14H2,1H3,(H,22,26). The van der Waals surface area contributed by atoms with Crippen LogP contribution in [0.3, 0.4) is 0 Å². The van der Waals surface area contributed by atoms with Crippen LogP contribution in [-0.4, -0.2) is 24.1 Å². The molecule has 2 heterocycles. The number of nitrogens with one attached hydrogen (secondary N) is 2. The van der Waals surface area contributed by atoms with Crippen molar-refractivity contribution in [1.29, 1.82) is 0 Å². The number of hydrogen-bond acceptors (Lipinski definition) is 3. The Bertz CT molecular complexity index is 948. The lowest BCUT2D eigenvalue weighted by molar-refractivity contribution is 0.247. The zero-order valence-electron chi connectivity index (χ0n) is 14.8. The number of pyridine rings is 1. The molecule has 0 fully saturated rings. The summed E-state index contributed by atoms with van der Waals surface area (Å²) in [6.45, 7) is 4.02. The molecule has 0 bridgehead atoms. The van der Waals surface area contributed by atoms with Crippen molar-refractivity contribution >= 4 is 28.3 Å². The Labute approximate surface area is 153 Å². The first kappa shape index (κ1) is 16.4. The molecule has 0 atom stereocenters. The molecule has 0 aliphatic carbocycles. The highest BCUT2D eigenvalue weighted by Crippen LogP contribution is 2.31. The minimum Gasteiger partial charge on any atom is -0.381 e. The Morgan fingerprint density at radius 3 is 3.00 bits per heavy atom. The lowest BCUT2D eigenvalue weighted by Crippen LogP contribution is -2.38. The van der Waals surface area contributed by atoms with E-state index in [-0.39, 0.29) is 6.03 Å². The maximum absolute atomic E-state index is 12.2. The molecule has 1 aromatic heterocycles. The highest BCUT2D eigenvalue weighted by atomic mass is 16.2. The second-order valence-corrected chi connectivity index (χ2v) is 6.42. The van der Waals surface area contributed by atoms with E-state index < -0.39 is 0 Å². The van der Waals surface area contributed by atoms with Gasteiger partial charge >= 0.3 is 6.03 Å². The van der Waals surface area contributed by atoms with Crippen molar-refractivity contribution in [3.63, 3.8) is 0 Å². The minimum absolute atomic E-state index is 0.0245. The smallest absolute Gasteiger partial charge is 0.321 e.